The van der Waals surface area contributed by atoms with Gasteiger partial charge in [-0.1, -0.05) is 0 Å². The van der Waals surface area contributed by atoms with Gasteiger partial charge in [-0.2, -0.15) is 0 Å². The number of benzene rings is 2. The number of rotatable bonds is 6. The largest absolute Gasteiger partial charge is 0.383 e. The average Bonchev–Trinajstić information content (AvgIpc) is 2.76. The Morgan fingerprint density at radius 1 is 1.07 bits per heavy atom. The predicted octanol–water partition coefficient (Wildman–Crippen LogP) is 2.64. The van der Waals surface area contributed by atoms with Gasteiger partial charge in [0.05, 0.1) is 30.4 Å². The van der Waals surface area contributed by atoms with Crippen LogP contribution in [0, 0.1) is 11.6 Å². The predicted molar refractivity (Wildman–Crippen MR) is 112 cm³/mol. The number of hydrogen-bond donors (Lipinski definition) is 0. The maximum absolute atomic E-state index is 13.9. The zero-order valence-corrected chi connectivity index (χ0v) is 16.9. The van der Waals surface area contributed by atoms with Crippen LogP contribution >= 0.6 is 0 Å². The lowest BCUT2D eigenvalue weighted by Gasteiger charge is -2.36. The Balaban J connectivity index is 1.44. The highest BCUT2D eigenvalue weighted by molar-refractivity contribution is 5.81. The van der Waals surface area contributed by atoms with Crippen molar-refractivity contribution in [1.82, 2.24) is 14.5 Å². The number of anilines is 1. The van der Waals surface area contributed by atoms with E-state index in [9.17, 15) is 13.6 Å². The van der Waals surface area contributed by atoms with Crippen molar-refractivity contribution < 1.29 is 13.5 Å². The van der Waals surface area contributed by atoms with Crippen molar-refractivity contribution in [3.8, 4) is 0 Å². The molecule has 0 radical (unpaired) electrons. The molecule has 0 atom stereocenters. The topological polar surface area (TPSA) is 50.6 Å². The molecule has 2 heterocycles. The maximum atomic E-state index is 13.9. The molecule has 0 amide bonds. The van der Waals surface area contributed by atoms with Gasteiger partial charge in [0.25, 0.3) is 5.56 Å². The van der Waals surface area contributed by atoms with Crippen LogP contribution < -0.4 is 10.5 Å². The highest BCUT2D eigenvalue weighted by Gasteiger charge is 2.19. The van der Waals surface area contributed by atoms with Crippen LogP contribution in [0.25, 0.3) is 10.9 Å². The van der Waals surface area contributed by atoms with Gasteiger partial charge in [-0.3, -0.25) is 14.3 Å². The van der Waals surface area contributed by atoms with Gasteiger partial charge in [-0.15, -0.1) is 0 Å². The molecule has 158 valence electrons. The molecule has 0 unspecified atom stereocenters. The molecular formula is C22H24F2N4O2. The van der Waals surface area contributed by atoms with Crippen LogP contribution in [-0.4, -0.2) is 54.3 Å². The average molecular weight is 414 g/mol. The van der Waals surface area contributed by atoms with Crippen LogP contribution in [-0.2, 0) is 17.8 Å². The molecule has 8 heteroatoms. The third-order valence-electron chi connectivity index (χ3n) is 5.48. The van der Waals surface area contributed by atoms with Gasteiger partial charge >= 0.3 is 0 Å². The summed E-state index contributed by atoms with van der Waals surface area (Å²) in [5.74, 6) is -0.800. The maximum Gasteiger partial charge on any atom is 0.261 e. The Bertz CT molecular complexity index is 1090. The minimum Gasteiger partial charge on any atom is -0.383 e. The molecule has 4 rings (SSSR count). The molecule has 0 aliphatic carbocycles. The molecule has 6 nitrogen and oxygen atoms in total. The molecule has 0 saturated carbocycles. The first-order valence-electron chi connectivity index (χ1n) is 9.94. The van der Waals surface area contributed by atoms with E-state index in [1.807, 2.05) is 18.2 Å². The summed E-state index contributed by atoms with van der Waals surface area (Å²) in [5.41, 5.74) is 1.96. The quantitative estimate of drug-likeness (QED) is 0.621. The number of hydrogen-bond acceptors (Lipinski definition) is 5. The fourth-order valence-corrected chi connectivity index (χ4v) is 3.76. The first kappa shape index (κ1) is 20.4. The number of fused-ring (bicyclic) bond motifs is 1. The standard InChI is InChI=1S/C22H24F2N4O2/c1-30-11-10-28-15-25-21-13-18(3-4-19(21)22(28)29)27-8-6-26(7-9-27)14-16-12-17(23)2-5-20(16)24/h2-5,12-13,15H,6-11,14H2,1H3. The van der Waals surface area contributed by atoms with Crippen molar-refractivity contribution in [2.24, 2.45) is 0 Å². The third-order valence-corrected chi connectivity index (χ3v) is 5.48. The van der Waals surface area contributed by atoms with Gasteiger partial charge in [-0.05, 0) is 36.4 Å². The van der Waals surface area contributed by atoms with E-state index in [-0.39, 0.29) is 11.4 Å². The summed E-state index contributed by atoms with van der Waals surface area (Å²) in [7, 11) is 1.60. The number of halogens is 2. The van der Waals surface area contributed by atoms with E-state index in [0.29, 0.717) is 36.2 Å². The second-order valence-corrected chi connectivity index (χ2v) is 7.44. The lowest BCUT2D eigenvalue weighted by molar-refractivity contribution is 0.186. The molecule has 1 aliphatic rings. The molecule has 2 aromatic carbocycles. The fraction of sp³-hybridized carbons (Fsp3) is 0.364. The summed E-state index contributed by atoms with van der Waals surface area (Å²) in [4.78, 5) is 21.3. The van der Waals surface area contributed by atoms with Gasteiger partial charge in [0, 0.05) is 51.1 Å². The highest BCUT2D eigenvalue weighted by Crippen LogP contribution is 2.21. The Morgan fingerprint density at radius 2 is 1.87 bits per heavy atom. The Kier molecular flexibility index (Phi) is 6.06. The summed E-state index contributed by atoms with van der Waals surface area (Å²) >= 11 is 0. The molecular weight excluding hydrogens is 390 g/mol. The van der Waals surface area contributed by atoms with E-state index >= 15 is 0 Å². The van der Waals surface area contributed by atoms with Crippen LogP contribution in [0.1, 0.15) is 5.56 Å². The number of methoxy groups -OCH3 is 1. The molecule has 1 aliphatic heterocycles. The zero-order valence-electron chi connectivity index (χ0n) is 16.9. The SMILES string of the molecule is COCCn1cnc2cc(N3CCN(Cc4cc(F)ccc4F)CC3)ccc2c1=O. The van der Waals surface area contributed by atoms with Gasteiger partial charge in [0.1, 0.15) is 11.6 Å². The minimum atomic E-state index is -0.421. The van der Waals surface area contributed by atoms with Crippen LogP contribution in [0.4, 0.5) is 14.5 Å². The van der Waals surface area contributed by atoms with Crippen molar-refractivity contribution in [2.75, 3.05) is 44.8 Å². The van der Waals surface area contributed by atoms with Crippen molar-refractivity contribution in [2.45, 2.75) is 13.1 Å². The van der Waals surface area contributed by atoms with E-state index in [4.69, 9.17) is 4.74 Å². The van der Waals surface area contributed by atoms with Crippen LogP contribution in [0.2, 0.25) is 0 Å². The molecule has 1 fully saturated rings. The van der Waals surface area contributed by atoms with E-state index in [1.165, 1.54) is 12.1 Å². The fourth-order valence-electron chi connectivity index (χ4n) is 3.76. The Hall–Kier alpha value is -2.84. The lowest BCUT2D eigenvalue weighted by Crippen LogP contribution is -2.46. The monoisotopic (exact) mass is 414 g/mol. The molecule has 30 heavy (non-hydrogen) atoms. The van der Waals surface area contributed by atoms with Gasteiger partial charge < -0.3 is 9.64 Å². The number of piperazine rings is 1. The number of ether oxygens (including phenoxy) is 1. The van der Waals surface area contributed by atoms with Gasteiger partial charge in [0.15, 0.2) is 0 Å². The molecule has 0 N–H and O–H groups in total. The van der Waals surface area contributed by atoms with Crippen molar-refractivity contribution >= 4 is 16.6 Å². The minimum absolute atomic E-state index is 0.0782. The summed E-state index contributed by atoms with van der Waals surface area (Å²) in [6.45, 7) is 4.29. The van der Waals surface area contributed by atoms with E-state index in [2.05, 4.69) is 14.8 Å². The van der Waals surface area contributed by atoms with E-state index < -0.39 is 5.82 Å². The second-order valence-electron chi connectivity index (χ2n) is 7.44. The molecule has 1 aromatic heterocycles. The summed E-state index contributed by atoms with van der Waals surface area (Å²) in [6.07, 6.45) is 1.55. The Morgan fingerprint density at radius 3 is 2.63 bits per heavy atom. The zero-order chi connectivity index (χ0) is 21.1. The normalized spacial score (nSPS) is 15.1. The first-order valence-corrected chi connectivity index (χ1v) is 9.94. The Labute approximate surface area is 173 Å². The summed E-state index contributed by atoms with van der Waals surface area (Å²) in [6, 6.07) is 9.25. The van der Waals surface area contributed by atoms with Crippen LogP contribution in [0.3, 0.4) is 0 Å². The molecule has 0 bridgehead atoms. The highest BCUT2D eigenvalue weighted by atomic mass is 19.1. The van der Waals surface area contributed by atoms with Gasteiger partial charge in [0.2, 0.25) is 0 Å². The second kappa shape index (κ2) is 8.89. The number of aromatic nitrogens is 2. The van der Waals surface area contributed by atoms with Crippen molar-refractivity contribution in [3.05, 3.63) is 70.3 Å². The van der Waals surface area contributed by atoms with Crippen LogP contribution in [0.5, 0.6) is 0 Å². The molecule has 0 spiro atoms. The summed E-state index contributed by atoms with van der Waals surface area (Å²) in [5, 5.41) is 0.581. The molecule has 1 saturated heterocycles. The van der Waals surface area contributed by atoms with Gasteiger partial charge in [-0.25, -0.2) is 13.8 Å². The lowest BCUT2D eigenvalue weighted by atomic mass is 10.1. The first-order chi connectivity index (χ1) is 14.5. The van der Waals surface area contributed by atoms with Crippen molar-refractivity contribution in [3.63, 3.8) is 0 Å². The third kappa shape index (κ3) is 4.34. The van der Waals surface area contributed by atoms with E-state index in [1.54, 1.807) is 18.0 Å². The van der Waals surface area contributed by atoms with Crippen LogP contribution in [0.15, 0.2) is 47.5 Å². The summed E-state index contributed by atoms with van der Waals surface area (Å²) < 4.78 is 33.9. The number of nitrogens with zero attached hydrogens (tertiary/aromatic N) is 4. The van der Waals surface area contributed by atoms with Crippen molar-refractivity contribution in [1.29, 1.82) is 0 Å². The van der Waals surface area contributed by atoms with E-state index in [0.717, 1.165) is 37.9 Å². The molecule has 3 aromatic rings. The smallest absolute Gasteiger partial charge is 0.261 e.